The zero-order valence-corrected chi connectivity index (χ0v) is 10.7. The van der Waals surface area contributed by atoms with Crippen LogP contribution >= 0.6 is 0 Å². The third-order valence-electron chi connectivity index (χ3n) is 3.25. The second-order valence-corrected chi connectivity index (χ2v) is 4.55. The molecule has 5 heteroatoms. The molecule has 0 aliphatic carbocycles. The topological polar surface area (TPSA) is 75.3 Å². The van der Waals surface area contributed by atoms with Crippen molar-refractivity contribution >= 4 is 17.0 Å². The van der Waals surface area contributed by atoms with Gasteiger partial charge >= 0.3 is 5.97 Å². The van der Waals surface area contributed by atoms with Crippen LogP contribution in [-0.4, -0.2) is 25.7 Å². The van der Waals surface area contributed by atoms with Gasteiger partial charge in [-0.3, -0.25) is 0 Å². The number of hydrogen-bond acceptors (Lipinski definition) is 3. The van der Waals surface area contributed by atoms with Crippen molar-refractivity contribution in [3.8, 4) is 17.1 Å². The fourth-order valence-corrected chi connectivity index (χ4v) is 2.20. The first kappa shape index (κ1) is 12.2. The van der Waals surface area contributed by atoms with Gasteiger partial charge in [0.2, 0.25) is 0 Å². The summed E-state index contributed by atoms with van der Waals surface area (Å²) in [4.78, 5) is 15.5. The SMILES string of the molecule is Cn1c(-c2ccc(O)cc2)nc2cc(C(=O)O)ccc21. The first-order chi connectivity index (χ1) is 9.56. The molecule has 0 aliphatic heterocycles. The number of nitrogens with zero attached hydrogens (tertiary/aromatic N) is 2. The number of aromatic carboxylic acids is 1. The maximum Gasteiger partial charge on any atom is 0.335 e. The molecule has 0 saturated carbocycles. The molecule has 3 rings (SSSR count). The smallest absolute Gasteiger partial charge is 0.335 e. The number of carboxylic acids is 1. The summed E-state index contributed by atoms with van der Waals surface area (Å²) in [6.07, 6.45) is 0. The molecule has 1 aromatic heterocycles. The number of aromatic hydroxyl groups is 1. The molecule has 0 spiro atoms. The standard InChI is InChI=1S/C15H12N2O3/c1-17-13-7-4-10(15(19)20)8-12(13)16-14(17)9-2-5-11(18)6-3-9/h2-8,18H,1H3,(H,19,20). The zero-order chi connectivity index (χ0) is 14.3. The van der Waals surface area contributed by atoms with Crippen molar-refractivity contribution in [2.45, 2.75) is 0 Å². The lowest BCUT2D eigenvalue weighted by molar-refractivity contribution is 0.0697. The van der Waals surface area contributed by atoms with Crippen molar-refractivity contribution in [2.24, 2.45) is 7.05 Å². The van der Waals surface area contributed by atoms with Gasteiger partial charge in [-0.05, 0) is 42.5 Å². The molecule has 5 nitrogen and oxygen atoms in total. The lowest BCUT2D eigenvalue weighted by Gasteiger charge is -2.02. The number of aryl methyl sites for hydroxylation is 1. The molecule has 0 amide bonds. The molecule has 0 radical (unpaired) electrons. The van der Waals surface area contributed by atoms with Crippen LogP contribution < -0.4 is 0 Å². The second-order valence-electron chi connectivity index (χ2n) is 4.55. The van der Waals surface area contributed by atoms with Gasteiger partial charge in [0.1, 0.15) is 11.6 Å². The van der Waals surface area contributed by atoms with Gasteiger partial charge in [0.15, 0.2) is 0 Å². The summed E-state index contributed by atoms with van der Waals surface area (Å²) in [5.41, 5.74) is 2.57. The number of hydrogen-bond donors (Lipinski definition) is 2. The fraction of sp³-hybridized carbons (Fsp3) is 0.0667. The normalized spacial score (nSPS) is 10.8. The zero-order valence-electron chi connectivity index (χ0n) is 10.7. The van der Waals surface area contributed by atoms with Crippen LogP contribution in [0.5, 0.6) is 5.75 Å². The van der Waals surface area contributed by atoms with Crippen LogP contribution in [0.2, 0.25) is 0 Å². The monoisotopic (exact) mass is 268 g/mol. The van der Waals surface area contributed by atoms with Crippen molar-refractivity contribution < 1.29 is 15.0 Å². The minimum atomic E-state index is -0.969. The van der Waals surface area contributed by atoms with Gasteiger partial charge in [-0.1, -0.05) is 0 Å². The van der Waals surface area contributed by atoms with Crippen LogP contribution in [0, 0.1) is 0 Å². The van der Waals surface area contributed by atoms with Crippen molar-refractivity contribution in [3.63, 3.8) is 0 Å². The van der Waals surface area contributed by atoms with E-state index in [2.05, 4.69) is 4.98 Å². The summed E-state index contributed by atoms with van der Waals surface area (Å²) in [6.45, 7) is 0. The number of fused-ring (bicyclic) bond motifs is 1. The van der Waals surface area contributed by atoms with E-state index in [0.29, 0.717) is 5.52 Å². The predicted octanol–water partition coefficient (Wildman–Crippen LogP) is 2.64. The van der Waals surface area contributed by atoms with Gasteiger partial charge in [-0.15, -0.1) is 0 Å². The summed E-state index contributed by atoms with van der Waals surface area (Å²) in [5, 5.41) is 18.3. The Morgan fingerprint density at radius 1 is 1.15 bits per heavy atom. The summed E-state index contributed by atoms with van der Waals surface area (Å²) >= 11 is 0. The van der Waals surface area contributed by atoms with Crippen molar-refractivity contribution in [3.05, 3.63) is 48.0 Å². The summed E-state index contributed by atoms with van der Waals surface area (Å²) in [5.74, 6) is -0.0491. The Balaban J connectivity index is 2.19. The van der Waals surface area contributed by atoms with E-state index in [9.17, 15) is 9.90 Å². The van der Waals surface area contributed by atoms with Gasteiger partial charge in [-0.2, -0.15) is 0 Å². The van der Waals surface area contributed by atoms with Gasteiger partial charge in [0.05, 0.1) is 16.6 Å². The highest BCUT2D eigenvalue weighted by Crippen LogP contribution is 2.25. The van der Waals surface area contributed by atoms with Gasteiger partial charge in [0, 0.05) is 12.6 Å². The van der Waals surface area contributed by atoms with Crippen molar-refractivity contribution in [1.82, 2.24) is 9.55 Å². The Kier molecular flexibility index (Phi) is 2.68. The van der Waals surface area contributed by atoms with Crippen LogP contribution in [-0.2, 0) is 7.05 Å². The third kappa shape index (κ3) is 1.89. The Hall–Kier alpha value is -2.82. The number of phenols is 1. The first-order valence-electron chi connectivity index (χ1n) is 6.05. The first-order valence-corrected chi connectivity index (χ1v) is 6.05. The van der Waals surface area contributed by atoms with Crippen molar-refractivity contribution in [2.75, 3.05) is 0 Å². The third-order valence-corrected chi connectivity index (χ3v) is 3.25. The number of aromatic nitrogens is 2. The second kappa shape index (κ2) is 4.38. The minimum Gasteiger partial charge on any atom is -0.508 e. The fourth-order valence-electron chi connectivity index (χ4n) is 2.20. The molecular formula is C15H12N2O3. The highest BCUT2D eigenvalue weighted by Gasteiger charge is 2.12. The molecular weight excluding hydrogens is 256 g/mol. The average molecular weight is 268 g/mol. The molecule has 1 heterocycles. The Morgan fingerprint density at radius 3 is 2.50 bits per heavy atom. The van der Waals surface area contributed by atoms with E-state index in [1.807, 2.05) is 11.6 Å². The van der Waals surface area contributed by atoms with E-state index in [1.165, 1.54) is 0 Å². The molecule has 0 bridgehead atoms. The average Bonchev–Trinajstić information content (AvgIpc) is 2.76. The molecule has 2 N–H and O–H groups in total. The molecule has 2 aromatic carbocycles. The Morgan fingerprint density at radius 2 is 1.85 bits per heavy atom. The summed E-state index contributed by atoms with van der Waals surface area (Å²) in [6, 6.07) is 11.6. The van der Waals surface area contributed by atoms with E-state index in [-0.39, 0.29) is 11.3 Å². The van der Waals surface area contributed by atoms with Crippen LogP contribution in [0.4, 0.5) is 0 Å². The lowest BCUT2D eigenvalue weighted by atomic mass is 10.2. The van der Waals surface area contributed by atoms with E-state index >= 15 is 0 Å². The van der Waals surface area contributed by atoms with Crippen LogP contribution in [0.25, 0.3) is 22.4 Å². The predicted molar refractivity (Wildman–Crippen MR) is 74.8 cm³/mol. The number of imidazole rings is 1. The summed E-state index contributed by atoms with van der Waals surface area (Å²) < 4.78 is 1.90. The summed E-state index contributed by atoms with van der Waals surface area (Å²) in [7, 11) is 1.87. The molecule has 0 atom stereocenters. The molecule has 0 fully saturated rings. The molecule has 3 aromatic rings. The number of carbonyl (C=O) groups is 1. The number of phenolic OH excluding ortho intramolecular Hbond substituents is 1. The van der Waals surface area contributed by atoms with E-state index in [4.69, 9.17) is 5.11 Å². The largest absolute Gasteiger partial charge is 0.508 e. The quantitative estimate of drug-likeness (QED) is 0.749. The Labute approximate surface area is 114 Å². The number of rotatable bonds is 2. The van der Waals surface area contributed by atoms with E-state index < -0.39 is 5.97 Å². The van der Waals surface area contributed by atoms with Gasteiger partial charge in [0.25, 0.3) is 0 Å². The molecule has 0 unspecified atom stereocenters. The maximum atomic E-state index is 11.0. The Bertz CT molecular complexity index is 804. The molecule has 0 aliphatic rings. The highest BCUT2D eigenvalue weighted by atomic mass is 16.4. The molecule has 20 heavy (non-hydrogen) atoms. The van der Waals surface area contributed by atoms with Crippen LogP contribution in [0.3, 0.4) is 0 Å². The van der Waals surface area contributed by atoms with Crippen LogP contribution in [0.15, 0.2) is 42.5 Å². The molecule has 0 saturated heterocycles. The molecule has 100 valence electrons. The lowest BCUT2D eigenvalue weighted by Crippen LogP contribution is -1.95. The minimum absolute atomic E-state index is 0.195. The number of benzene rings is 2. The maximum absolute atomic E-state index is 11.0. The van der Waals surface area contributed by atoms with Gasteiger partial charge in [-0.25, -0.2) is 9.78 Å². The van der Waals surface area contributed by atoms with E-state index in [1.54, 1.807) is 42.5 Å². The van der Waals surface area contributed by atoms with E-state index in [0.717, 1.165) is 16.9 Å². The highest BCUT2D eigenvalue weighted by molar-refractivity contribution is 5.93. The van der Waals surface area contributed by atoms with Crippen LogP contribution in [0.1, 0.15) is 10.4 Å². The van der Waals surface area contributed by atoms with Gasteiger partial charge < -0.3 is 14.8 Å². The van der Waals surface area contributed by atoms with Crippen molar-refractivity contribution in [1.29, 1.82) is 0 Å². The number of carboxylic acid groups (broad SMARTS) is 1.